The molecule has 104 valence electrons. The first-order chi connectivity index (χ1) is 10.2. The molecule has 0 saturated carbocycles. The summed E-state index contributed by atoms with van der Waals surface area (Å²) in [4.78, 5) is 19.3. The highest BCUT2D eigenvalue weighted by molar-refractivity contribution is 6.33. The van der Waals surface area contributed by atoms with Gasteiger partial charge in [-0.2, -0.15) is 5.10 Å². The summed E-state index contributed by atoms with van der Waals surface area (Å²) < 4.78 is 1.29. The maximum atomic E-state index is 11.5. The lowest BCUT2D eigenvalue weighted by atomic mass is 10.1. The number of carbonyl (C=O) groups is 1. The molecule has 0 saturated heterocycles. The maximum absolute atomic E-state index is 11.5. The molecule has 3 rings (SSSR count). The Kier molecular flexibility index (Phi) is 3.37. The van der Waals surface area contributed by atoms with Crippen LogP contribution in [0.15, 0.2) is 48.9 Å². The Balaban J connectivity index is 2.24. The van der Waals surface area contributed by atoms with E-state index in [9.17, 15) is 9.90 Å². The SMILES string of the molecule is O=C(O)c1c(-c2ccccc2)nn(-c2ccncn2)c1Cl. The Labute approximate surface area is 124 Å². The summed E-state index contributed by atoms with van der Waals surface area (Å²) in [5.74, 6) is -0.737. The zero-order valence-corrected chi connectivity index (χ0v) is 11.4. The quantitative estimate of drug-likeness (QED) is 0.804. The van der Waals surface area contributed by atoms with Gasteiger partial charge in [0, 0.05) is 17.8 Å². The molecule has 0 radical (unpaired) electrons. The van der Waals surface area contributed by atoms with Crippen molar-refractivity contribution >= 4 is 17.6 Å². The molecule has 2 heterocycles. The van der Waals surface area contributed by atoms with Gasteiger partial charge in [0.1, 0.15) is 22.7 Å². The molecule has 0 spiro atoms. The van der Waals surface area contributed by atoms with Gasteiger partial charge in [-0.3, -0.25) is 0 Å². The smallest absolute Gasteiger partial charge is 0.341 e. The molecule has 21 heavy (non-hydrogen) atoms. The molecular formula is C14H9ClN4O2. The Morgan fingerprint density at radius 2 is 1.95 bits per heavy atom. The molecule has 0 amide bonds. The number of hydrogen-bond acceptors (Lipinski definition) is 4. The second-order valence-electron chi connectivity index (χ2n) is 4.16. The Morgan fingerprint density at radius 1 is 1.19 bits per heavy atom. The van der Waals surface area contributed by atoms with E-state index in [4.69, 9.17) is 11.6 Å². The average molecular weight is 301 g/mol. The Morgan fingerprint density at radius 3 is 2.57 bits per heavy atom. The maximum Gasteiger partial charge on any atom is 0.341 e. The van der Waals surface area contributed by atoms with Crippen molar-refractivity contribution in [1.82, 2.24) is 19.7 Å². The molecule has 0 unspecified atom stereocenters. The second kappa shape index (κ2) is 5.34. The van der Waals surface area contributed by atoms with Gasteiger partial charge in [-0.1, -0.05) is 41.9 Å². The fourth-order valence-corrected chi connectivity index (χ4v) is 2.24. The molecule has 6 nitrogen and oxygen atoms in total. The van der Waals surface area contributed by atoms with E-state index in [-0.39, 0.29) is 10.7 Å². The van der Waals surface area contributed by atoms with Crippen molar-refractivity contribution in [3.8, 4) is 17.1 Å². The van der Waals surface area contributed by atoms with E-state index in [0.717, 1.165) is 0 Å². The van der Waals surface area contributed by atoms with E-state index < -0.39 is 5.97 Å². The number of aromatic carboxylic acids is 1. The summed E-state index contributed by atoms with van der Waals surface area (Å²) in [5.41, 5.74) is 0.915. The number of carboxylic acid groups (broad SMARTS) is 1. The normalized spacial score (nSPS) is 10.5. The number of rotatable bonds is 3. The van der Waals surface area contributed by atoms with E-state index in [1.807, 2.05) is 6.07 Å². The van der Waals surface area contributed by atoms with Crippen molar-refractivity contribution in [2.45, 2.75) is 0 Å². The van der Waals surface area contributed by atoms with Crippen LogP contribution in [-0.4, -0.2) is 30.8 Å². The molecule has 0 aliphatic carbocycles. The topological polar surface area (TPSA) is 80.9 Å². The predicted molar refractivity (Wildman–Crippen MR) is 76.6 cm³/mol. The first kappa shape index (κ1) is 13.3. The molecule has 0 aliphatic rings. The number of benzene rings is 1. The van der Waals surface area contributed by atoms with E-state index in [1.54, 1.807) is 30.3 Å². The summed E-state index contributed by atoms with van der Waals surface area (Å²) in [6, 6.07) is 10.6. The van der Waals surface area contributed by atoms with Crippen molar-refractivity contribution in [3.05, 3.63) is 59.6 Å². The molecule has 1 N–H and O–H groups in total. The standard InChI is InChI=1S/C14H9ClN4O2/c15-13-11(14(20)21)12(9-4-2-1-3-5-9)18-19(13)10-6-7-16-8-17-10/h1-8H,(H,20,21). The van der Waals surface area contributed by atoms with Gasteiger partial charge in [-0.15, -0.1) is 0 Å². The van der Waals surface area contributed by atoms with Crippen LogP contribution in [0.4, 0.5) is 0 Å². The van der Waals surface area contributed by atoms with Gasteiger partial charge in [0.05, 0.1) is 0 Å². The van der Waals surface area contributed by atoms with Gasteiger partial charge in [0.2, 0.25) is 0 Å². The average Bonchev–Trinajstić information content (AvgIpc) is 2.87. The number of carboxylic acids is 1. The van der Waals surface area contributed by atoms with Gasteiger partial charge in [-0.05, 0) is 0 Å². The van der Waals surface area contributed by atoms with Crippen molar-refractivity contribution in [1.29, 1.82) is 0 Å². The summed E-state index contributed by atoms with van der Waals surface area (Å²) in [6.45, 7) is 0. The van der Waals surface area contributed by atoms with Crippen LogP contribution in [0.3, 0.4) is 0 Å². The van der Waals surface area contributed by atoms with Gasteiger partial charge in [0.15, 0.2) is 5.82 Å². The second-order valence-corrected chi connectivity index (χ2v) is 4.52. The van der Waals surface area contributed by atoms with E-state index in [0.29, 0.717) is 17.1 Å². The molecule has 0 bridgehead atoms. The monoisotopic (exact) mass is 300 g/mol. The van der Waals surface area contributed by atoms with Crippen LogP contribution in [0.1, 0.15) is 10.4 Å². The molecule has 0 atom stereocenters. The third-order valence-corrected chi connectivity index (χ3v) is 3.22. The highest BCUT2D eigenvalue weighted by Crippen LogP contribution is 2.30. The van der Waals surface area contributed by atoms with Crippen LogP contribution in [0.25, 0.3) is 17.1 Å². The predicted octanol–water partition coefficient (Wildman–Crippen LogP) is 2.68. The number of halogens is 1. The molecule has 0 aliphatic heterocycles. The highest BCUT2D eigenvalue weighted by Gasteiger charge is 2.24. The number of nitrogens with zero attached hydrogens (tertiary/aromatic N) is 4. The lowest BCUT2D eigenvalue weighted by Gasteiger charge is -1.99. The third kappa shape index (κ3) is 2.36. The van der Waals surface area contributed by atoms with Crippen LogP contribution in [-0.2, 0) is 0 Å². The minimum atomic E-state index is -1.14. The lowest BCUT2D eigenvalue weighted by Crippen LogP contribution is -2.01. The zero-order chi connectivity index (χ0) is 14.8. The van der Waals surface area contributed by atoms with Gasteiger partial charge < -0.3 is 5.11 Å². The molecular weight excluding hydrogens is 292 g/mol. The minimum absolute atomic E-state index is 0.0000491. The van der Waals surface area contributed by atoms with Crippen LogP contribution in [0, 0.1) is 0 Å². The molecule has 7 heteroatoms. The first-order valence-corrected chi connectivity index (χ1v) is 6.40. The van der Waals surface area contributed by atoms with Crippen LogP contribution in [0.2, 0.25) is 5.15 Å². The van der Waals surface area contributed by atoms with Gasteiger partial charge >= 0.3 is 5.97 Å². The van der Waals surface area contributed by atoms with Crippen LogP contribution in [0.5, 0.6) is 0 Å². The van der Waals surface area contributed by atoms with Crippen molar-refractivity contribution in [2.24, 2.45) is 0 Å². The highest BCUT2D eigenvalue weighted by atomic mass is 35.5. The largest absolute Gasteiger partial charge is 0.478 e. The Hall–Kier alpha value is -2.73. The lowest BCUT2D eigenvalue weighted by molar-refractivity contribution is 0.0698. The van der Waals surface area contributed by atoms with Crippen molar-refractivity contribution in [3.63, 3.8) is 0 Å². The summed E-state index contributed by atoms with van der Waals surface area (Å²) >= 11 is 6.17. The van der Waals surface area contributed by atoms with Gasteiger partial charge in [-0.25, -0.2) is 19.4 Å². The summed E-state index contributed by atoms with van der Waals surface area (Å²) in [5, 5.41) is 13.7. The molecule has 3 aromatic rings. The van der Waals surface area contributed by atoms with E-state index >= 15 is 0 Å². The van der Waals surface area contributed by atoms with E-state index in [2.05, 4.69) is 15.1 Å². The summed E-state index contributed by atoms with van der Waals surface area (Å²) in [6.07, 6.45) is 2.87. The number of hydrogen-bond donors (Lipinski definition) is 1. The molecule has 2 aromatic heterocycles. The Bertz CT molecular complexity index is 787. The zero-order valence-electron chi connectivity index (χ0n) is 10.6. The van der Waals surface area contributed by atoms with Crippen LogP contribution < -0.4 is 0 Å². The minimum Gasteiger partial charge on any atom is -0.478 e. The molecule has 1 aromatic carbocycles. The first-order valence-electron chi connectivity index (χ1n) is 6.02. The fraction of sp³-hybridized carbons (Fsp3) is 0. The van der Waals surface area contributed by atoms with Crippen molar-refractivity contribution < 1.29 is 9.90 Å². The number of aromatic nitrogens is 4. The molecule has 0 fully saturated rings. The van der Waals surface area contributed by atoms with Gasteiger partial charge in [0.25, 0.3) is 0 Å². The summed E-state index contributed by atoms with van der Waals surface area (Å²) in [7, 11) is 0. The van der Waals surface area contributed by atoms with Crippen molar-refractivity contribution in [2.75, 3.05) is 0 Å². The van der Waals surface area contributed by atoms with Crippen LogP contribution >= 0.6 is 11.6 Å². The fourth-order valence-electron chi connectivity index (χ4n) is 1.95. The van der Waals surface area contributed by atoms with E-state index in [1.165, 1.54) is 17.2 Å². The third-order valence-electron chi connectivity index (χ3n) is 2.87.